The number of nitro benzene ring substituents is 1. The summed E-state index contributed by atoms with van der Waals surface area (Å²) < 4.78 is 0. The van der Waals surface area contributed by atoms with Gasteiger partial charge >= 0.3 is 0 Å². The Bertz CT molecular complexity index is 373. The molecule has 0 N–H and O–H groups in total. The van der Waals surface area contributed by atoms with Crippen LogP contribution in [-0.2, 0) is 9.95 Å². The first-order valence-electron chi connectivity index (χ1n) is 4.43. The molecule has 0 bridgehead atoms. The molecule has 1 rings (SSSR count). The summed E-state index contributed by atoms with van der Waals surface area (Å²) in [7, 11) is 0.160. The van der Waals surface area contributed by atoms with Crippen molar-refractivity contribution in [2.45, 2.75) is 19.0 Å². The molecule has 0 saturated heterocycles. The van der Waals surface area contributed by atoms with Gasteiger partial charge < -0.3 is 0 Å². The van der Waals surface area contributed by atoms with Gasteiger partial charge in [0, 0.05) is 17.3 Å². The molecule has 0 fully saturated rings. The van der Waals surface area contributed by atoms with Gasteiger partial charge in [-0.3, -0.25) is 14.9 Å². The maximum absolute atomic E-state index is 10.5. The Morgan fingerprint density at radius 3 is 2.27 bits per heavy atom. The Labute approximate surface area is 89.6 Å². The highest BCUT2D eigenvalue weighted by atomic mass is 31.1. The molecule has 1 atom stereocenters. The summed E-state index contributed by atoms with van der Waals surface area (Å²) in [4.78, 5) is 20.5. The zero-order valence-corrected chi connectivity index (χ0v) is 9.56. The summed E-state index contributed by atoms with van der Waals surface area (Å²) in [5, 5.41) is 10.2. The lowest BCUT2D eigenvalue weighted by Gasteiger charge is -2.21. The first-order valence-corrected chi connectivity index (χ1v) is 5.51. The van der Waals surface area contributed by atoms with Crippen LogP contribution >= 0.6 is 8.58 Å². The minimum absolute atomic E-state index is 0.0731. The van der Waals surface area contributed by atoms with E-state index in [1.165, 1.54) is 12.1 Å². The van der Waals surface area contributed by atoms with Crippen molar-refractivity contribution < 1.29 is 9.72 Å². The number of nitro groups is 1. The predicted octanol–water partition coefficient (Wildman–Crippen LogP) is 2.70. The normalized spacial score (nSPS) is 11.9. The predicted molar refractivity (Wildman–Crippen MR) is 61.2 cm³/mol. The molecule has 80 valence electrons. The summed E-state index contributed by atoms with van der Waals surface area (Å²) in [5.41, 5.74) is 1.02. The number of hydrogen-bond acceptors (Lipinski definition) is 3. The lowest BCUT2D eigenvalue weighted by atomic mass is 10.0. The van der Waals surface area contributed by atoms with Crippen molar-refractivity contribution in [1.29, 1.82) is 0 Å². The smallest absolute Gasteiger partial charge is 0.269 e. The zero-order chi connectivity index (χ0) is 11.5. The van der Waals surface area contributed by atoms with Crippen molar-refractivity contribution in [1.82, 2.24) is 0 Å². The second-order valence-electron chi connectivity index (χ2n) is 3.69. The minimum Gasteiger partial charge on any atom is -0.299 e. The third-order valence-electron chi connectivity index (χ3n) is 2.22. The number of carbonyl (C=O) groups is 1. The fourth-order valence-electron chi connectivity index (χ4n) is 1.23. The molecule has 0 spiro atoms. The van der Waals surface area contributed by atoms with Gasteiger partial charge in [-0.15, -0.1) is 0 Å². The second-order valence-corrected chi connectivity index (χ2v) is 5.47. The average molecular weight is 225 g/mol. The summed E-state index contributed by atoms with van der Waals surface area (Å²) in [6, 6.07) is 7.23. The van der Waals surface area contributed by atoms with Gasteiger partial charge in [0.25, 0.3) is 5.69 Å². The lowest BCUT2D eigenvalue weighted by molar-refractivity contribution is -0.384. The molecular formula is C10H12NO3P. The van der Waals surface area contributed by atoms with Crippen LogP contribution in [0, 0.1) is 10.1 Å². The van der Waals surface area contributed by atoms with Gasteiger partial charge in [0.15, 0.2) is 0 Å². The molecule has 0 heterocycles. The summed E-state index contributed by atoms with van der Waals surface area (Å²) >= 11 is 0. The van der Waals surface area contributed by atoms with Crippen LogP contribution in [-0.4, -0.2) is 11.0 Å². The van der Waals surface area contributed by atoms with Crippen LogP contribution in [0.5, 0.6) is 0 Å². The van der Waals surface area contributed by atoms with Crippen molar-refractivity contribution in [2.24, 2.45) is 0 Å². The van der Waals surface area contributed by atoms with E-state index in [0.717, 1.165) is 11.6 Å². The van der Waals surface area contributed by atoms with Crippen LogP contribution in [0.15, 0.2) is 24.3 Å². The highest BCUT2D eigenvalue weighted by molar-refractivity contribution is 7.56. The van der Waals surface area contributed by atoms with E-state index in [1.54, 1.807) is 12.1 Å². The molecular weight excluding hydrogens is 213 g/mol. The molecule has 5 heteroatoms. The van der Waals surface area contributed by atoms with Crippen LogP contribution in [0.4, 0.5) is 5.69 Å². The largest absolute Gasteiger partial charge is 0.299 e. The Morgan fingerprint density at radius 1 is 1.33 bits per heavy atom. The van der Waals surface area contributed by atoms with Crippen molar-refractivity contribution in [3.8, 4) is 0 Å². The third kappa shape index (κ3) is 2.83. The van der Waals surface area contributed by atoms with Gasteiger partial charge in [-0.05, 0) is 14.1 Å². The van der Waals surface area contributed by atoms with E-state index >= 15 is 0 Å². The van der Waals surface area contributed by atoms with E-state index in [-0.39, 0.29) is 19.4 Å². The van der Waals surface area contributed by atoms with Gasteiger partial charge in [0.1, 0.15) is 6.03 Å². The molecule has 15 heavy (non-hydrogen) atoms. The maximum Gasteiger partial charge on any atom is 0.269 e. The molecule has 0 amide bonds. The number of hydrogen-bond donors (Lipinski definition) is 0. The van der Waals surface area contributed by atoms with Crippen LogP contribution in [0.1, 0.15) is 19.4 Å². The van der Waals surface area contributed by atoms with Crippen LogP contribution < -0.4 is 0 Å². The monoisotopic (exact) mass is 225 g/mol. The van der Waals surface area contributed by atoms with E-state index in [1.807, 2.05) is 13.8 Å². The maximum atomic E-state index is 10.5. The molecule has 4 nitrogen and oxygen atoms in total. The summed E-state index contributed by atoms with van der Waals surface area (Å²) in [6.45, 7) is 3.89. The van der Waals surface area contributed by atoms with Crippen LogP contribution in [0.3, 0.4) is 0 Å². The zero-order valence-electron chi connectivity index (χ0n) is 8.56. The SMILES string of the molecule is CC(C)(PC=O)c1ccc([N+](=O)[O-])cc1. The van der Waals surface area contributed by atoms with Gasteiger partial charge in [-0.1, -0.05) is 26.0 Å². The highest BCUT2D eigenvalue weighted by Crippen LogP contribution is 2.39. The van der Waals surface area contributed by atoms with Gasteiger partial charge in [0.2, 0.25) is 0 Å². The Kier molecular flexibility index (Phi) is 3.53. The van der Waals surface area contributed by atoms with Crippen molar-refractivity contribution in [3.05, 3.63) is 39.9 Å². The topological polar surface area (TPSA) is 60.2 Å². The molecule has 0 saturated carbocycles. The molecule has 0 aliphatic carbocycles. The highest BCUT2D eigenvalue weighted by Gasteiger charge is 2.20. The third-order valence-corrected chi connectivity index (χ3v) is 3.35. The standard InChI is InChI=1S/C10H12NO3P/c1-10(2,15-7-12)8-3-5-9(6-4-8)11(13)14/h3-7,15H,1-2H3. The Hall–Kier alpha value is -1.28. The Balaban J connectivity index is 2.97. The van der Waals surface area contributed by atoms with E-state index in [0.29, 0.717) is 0 Å². The minimum atomic E-state index is -0.432. The molecule has 1 aromatic rings. The molecule has 0 radical (unpaired) electrons. The van der Waals surface area contributed by atoms with E-state index in [2.05, 4.69) is 0 Å². The van der Waals surface area contributed by atoms with Gasteiger partial charge in [-0.25, -0.2) is 0 Å². The molecule has 0 aliphatic heterocycles. The average Bonchev–Trinajstić information content (AvgIpc) is 2.18. The Morgan fingerprint density at radius 2 is 1.87 bits per heavy atom. The number of carbonyl (C=O) groups excluding carboxylic acids is 1. The molecule has 1 unspecified atom stereocenters. The fraction of sp³-hybridized carbons (Fsp3) is 0.300. The first kappa shape index (κ1) is 11.8. The van der Waals surface area contributed by atoms with Gasteiger partial charge in [0.05, 0.1) is 4.92 Å². The van der Waals surface area contributed by atoms with Crippen molar-refractivity contribution >= 4 is 20.3 Å². The number of non-ortho nitro benzene ring substituents is 1. The van der Waals surface area contributed by atoms with E-state index in [9.17, 15) is 14.9 Å². The van der Waals surface area contributed by atoms with Crippen molar-refractivity contribution in [2.75, 3.05) is 0 Å². The number of rotatable bonds is 4. The first-order chi connectivity index (χ1) is 6.97. The number of nitrogens with zero attached hydrogens (tertiary/aromatic N) is 1. The quantitative estimate of drug-likeness (QED) is 0.342. The van der Waals surface area contributed by atoms with E-state index < -0.39 is 4.92 Å². The van der Waals surface area contributed by atoms with Crippen LogP contribution in [0.2, 0.25) is 0 Å². The fourth-order valence-corrected chi connectivity index (χ4v) is 1.86. The van der Waals surface area contributed by atoms with Gasteiger partial charge in [-0.2, -0.15) is 0 Å². The van der Waals surface area contributed by atoms with Crippen molar-refractivity contribution in [3.63, 3.8) is 0 Å². The summed E-state index contributed by atoms with van der Waals surface area (Å²) in [5.74, 6) is 0. The van der Waals surface area contributed by atoms with Crippen LogP contribution in [0.25, 0.3) is 0 Å². The molecule has 0 aromatic heterocycles. The number of benzene rings is 1. The second kappa shape index (κ2) is 4.49. The molecule has 1 aromatic carbocycles. The molecule has 0 aliphatic rings. The lowest BCUT2D eigenvalue weighted by Crippen LogP contribution is -2.09. The summed E-state index contributed by atoms with van der Waals surface area (Å²) in [6.07, 6.45) is 0. The van der Waals surface area contributed by atoms with E-state index in [4.69, 9.17) is 0 Å².